The highest BCUT2D eigenvalue weighted by Gasteiger charge is 2.53. The van der Waals surface area contributed by atoms with Crippen molar-refractivity contribution >= 4 is 37.2 Å². The molecule has 0 saturated heterocycles. The Labute approximate surface area is 124 Å². The van der Waals surface area contributed by atoms with Crippen molar-refractivity contribution in [2.75, 3.05) is 0 Å². The fraction of sp³-hybridized carbons (Fsp3) is 0.846. The van der Waals surface area contributed by atoms with Crippen LogP contribution in [0.2, 0.25) is 0 Å². The van der Waals surface area contributed by atoms with Gasteiger partial charge in [0.25, 0.3) is 0 Å². The first-order valence-electron chi connectivity index (χ1n) is 5.55. The molecular formula is C13H24I2O. The third-order valence-corrected chi connectivity index (χ3v) is 4.94. The molecule has 3 heteroatoms. The number of ether oxygens (including phenoxy) is 1. The van der Waals surface area contributed by atoms with Gasteiger partial charge in [0.05, 0.1) is 5.76 Å². The molecule has 0 bridgehead atoms. The Kier molecular flexibility index (Phi) is 5.66. The van der Waals surface area contributed by atoms with Gasteiger partial charge in [-0.15, -0.1) is 0 Å². The van der Waals surface area contributed by atoms with Crippen LogP contribution < -0.4 is 0 Å². The van der Waals surface area contributed by atoms with Crippen LogP contribution in [0.5, 0.6) is 0 Å². The second-order valence-electron chi connectivity index (χ2n) is 6.04. The van der Waals surface area contributed by atoms with E-state index in [4.69, 9.17) is 4.74 Å². The van der Waals surface area contributed by atoms with Crippen LogP contribution in [0.25, 0.3) is 0 Å². The van der Waals surface area contributed by atoms with Gasteiger partial charge in [0.15, 0.2) is 0 Å². The highest BCUT2D eigenvalue weighted by Crippen LogP contribution is 2.56. The summed E-state index contributed by atoms with van der Waals surface area (Å²) < 4.78 is 6.02. The Morgan fingerprint density at radius 3 is 1.62 bits per heavy atom. The van der Waals surface area contributed by atoms with Crippen LogP contribution in [-0.4, -0.2) is 5.60 Å². The summed E-state index contributed by atoms with van der Waals surface area (Å²) in [6, 6.07) is 0. The van der Waals surface area contributed by atoms with Gasteiger partial charge in [0.1, 0.15) is 5.60 Å². The fourth-order valence-corrected chi connectivity index (χ4v) is 2.25. The summed E-state index contributed by atoms with van der Waals surface area (Å²) in [7, 11) is 0. The van der Waals surface area contributed by atoms with Gasteiger partial charge in [-0.25, -0.2) is 0 Å². The zero-order chi connectivity index (χ0) is 13.4. The van der Waals surface area contributed by atoms with E-state index in [1.165, 1.54) is 5.57 Å². The number of hydrogen-bond acceptors (Lipinski definition) is 1. The van der Waals surface area contributed by atoms with Crippen molar-refractivity contribution in [2.45, 2.75) is 61.0 Å². The Hall–Kier alpha value is 1.00. The molecule has 0 aromatic heterocycles. The zero-order valence-corrected chi connectivity index (χ0v) is 16.0. The van der Waals surface area contributed by atoms with Crippen molar-refractivity contribution in [1.82, 2.24) is 0 Å². The van der Waals surface area contributed by atoms with Gasteiger partial charge in [-0.1, -0.05) is 27.7 Å². The monoisotopic (exact) mass is 450 g/mol. The molecule has 0 amide bonds. The molecule has 1 aliphatic heterocycles. The van der Waals surface area contributed by atoms with E-state index < -0.39 is 0 Å². The molecule has 0 unspecified atom stereocenters. The van der Waals surface area contributed by atoms with Crippen LogP contribution in [0.4, 0.5) is 0 Å². The molecule has 0 spiro atoms. The van der Waals surface area contributed by atoms with Crippen molar-refractivity contribution in [1.29, 1.82) is 0 Å². The van der Waals surface area contributed by atoms with E-state index in [-0.39, 0.29) is 16.4 Å². The molecule has 0 saturated carbocycles. The molecule has 0 aromatic carbocycles. The molecule has 1 rings (SSSR count). The molecule has 1 nitrogen and oxygen atoms in total. The van der Waals surface area contributed by atoms with Gasteiger partial charge >= 0.3 is 0 Å². The summed E-state index contributed by atoms with van der Waals surface area (Å²) in [5, 5.41) is 0. The Bertz CT molecular complexity index is 288. The molecule has 0 aromatic rings. The smallest absolute Gasteiger partial charge is 0.109 e. The summed E-state index contributed by atoms with van der Waals surface area (Å²) >= 11 is 4.24. The number of rotatable bonds is 0. The highest BCUT2D eigenvalue weighted by molar-refractivity contribution is 15.0. The van der Waals surface area contributed by atoms with Gasteiger partial charge in [0.2, 0.25) is 0 Å². The lowest BCUT2D eigenvalue weighted by molar-refractivity contribution is -0.130. The quantitative estimate of drug-likeness (QED) is 0.417. The van der Waals surface area contributed by atoms with Crippen LogP contribution >= 0.6 is 37.2 Å². The van der Waals surface area contributed by atoms with E-state index in [1.807, 2.05) is 0 Å². The van der Waals surface area contributed by atoms with E-state index in [0.29, 0.717) is 0 Å². The Morgan fingerprint density at radius 2 is 1.25 bits per heavy atom. The molecular weight excluding hydrogens is 426 g/mol. The van der Waals surface area contributed by atoms with E-state index in [2.05, 4.69) is 92.6 Å². The molecule has 0 N–H and O–H groups in total. The van der Waals surface area contributed by atoms with E-state index >= 15 is 0 Å². The zero-order valence-electron chi connectivity index (χ0n) is 11.7. The fourth-order valence-electron chi connectivity index (χ4n) is 2.25. The van der Waals surface area contributed by atoms with Crippen molar-refractivity contribution in [3.63, 3.8) is 0 Å². The third kappa shape index (κ3) is 2.54. The number of allylic oxidation sites excluding steroid dienone is 2. The Morgan fingerprint density at radius 1 is 0.875 bits per heavy atom. The maximum absolute atomic E-state index is 6.02. The lowest BCUT2D eigenvalue weighted by Crippen LogP contribution is -2.54. The SMILES string of the molecule is CC1=C(C)C(C)(C)C(C)(C)C(C)(C)O1.II. The maximum atomic E-state index is 6.02. The first-order chi connectivity index (χ1) is 7.04. The van der Waals surface area contributed by atoms with Crippen molar-refractivity contribution in [3.8, 4) is 0 Å². The Balaban J connectivity index is 0.00000106. The lowest BCUT2D eigenvalue weighted by atomic mass is 9.56. The largest absolute Gasteiger partial charge is 0.492 e. The second-order valence-corrected chi connectivity index (χ2v) is 6.04. The molecule has 0 fully saturated rings. The molecule has 96 valence electrons. The van der Waals surface area contributed by atoms with Crippen molar-refractivity contribution < 1.29 is 4.74 Å². The van der Waals surface area contributed by atoms with Crippen molar-refractivity contribution in [2.24, 2.45) is 10.8 Å². The van der Waals surface area contributed by atoms with Gasteiger partial charge in [-0.2, -0.15) is 0 Å². The average molecular weight is 450 g/mol. The average Bonchev–Trinajstić information content (AvgIpc) is 2.16. The van der Waals surface area contributed by atoms with Crippen LogP contribution in [0.3, 0.4) is 0 Å². The van der Waals surface area contributed by atoms with Gasteiger partial charge in [-0.3, -0.25) is 0 Å². The molecule has 1 aliphatic rings. The van der Waals surface area contributed by atoms with Gasteiger partial charge in [0, 0.05) is 42.6 Å². The minimum atomic E-state index is -0.0971. The van der Waals surface area contributed by atoms with Crippen LogP contribution in [-0.2, 0) is 4.74 Å². The molecule has 0 atom stereocenters. The van der Waals surface area contributed by atoms with E-state index in [1.54, 1.807) is 0 Å². The minimum absolute atomic E-state index is 0.0971. The van der Waals surface area contributed by atoms with Crippen LogP contribution in [0.1, 0.15) is 55.4 Å². The molecule has 1 heterocycles. The predicted molar refractivity (Wildman–Crippen MR) is 89.1 cm³/mol. The normalized spacial score (nSPS) is 25.4. The number of hydrogen-bond donors (Lipinski definition) is 0. The summed E-state index contributed by atoms with van der Waals surface area (Å²) in [4.78, 5) is 0. The van der Waals surface area contributed by atoms with Crippen LogP contribution in [0.15, 0.2) is 11.3 Å². The minimum Gasteiger partial charge on any atom is -0.492 e. The molecule has 16 heavy (non-hydrogen) atoms. The first-order valence-corrected chi connectivity index (χ1v) is 11.8. The number of halogens is 2. The predicted octanol–water partition coefficient (Wildman–Crippen LogP) is 5.91. The standard InChI is InChI=1S/C13H24O.I2/c1-9-10(2)14-13(7,8)12(5,6)11(9,3)4;1-2/h1-8H3;. The summed E-state index contributed by atoms with van der Waals surface area (Å²) in [6.45, 7) is 17.9. The van der Waals surface area contributed by atoms with Crippen LogP contribution in [0, 0.1) is 10.8 Å². The first kappa shape index (κ1) is 17.0. The summed E-state index contributed by atoms with van der Waals surface area (Å²) in [5.74, 6) is 1.10. The van der Waals surface area contributed by atoms with Crippen molar-refractivity contribution in [3.05, 3.63) is 11.3 Å². The second kappa shape index (κ2) is 5.33. The summed E-state index contributed by atoms with van der Waals surface area (Å²) in [5.41, 5.74) is 1.62. The van der Waals surface area contributed by atoms with E-state index in [0.717, 1.165) is 5.76 Å². The molecule has 0 aliphatic carbocycles. The van der Waals surface area contributed by atoms with Gasteiger partial charge in [-0.05, 0) is 38.7 Å². The summed E-state index contributed by atoms with van der Waals surface area (Å²) in [6.07, 6.45) is 0. The topological polar surface area (TPSA) is 9.23 Å². The van der Waals surface area contributed by atoms with E-state index in [9.17, 15) is 0 Å². The highest BCUT2D eigenvalue weighted by atomic mass is 128. The lowest BCUT2D eigenvalue weighted by Gasteiger charge is -2.56. The maximum Gasteiger partial charge on any atom is 0.109 e. The molecule has 0 radical (unpaired) electrons. The third-order valence-electron chi connectivity index (χ3n) is 4.94. The van der Waals surface area contributed by atoms with Gasteiger partial charge < -0.3 is 4.74 Å².